The van der Waals surface area contributed by atoms with Crippen molar-refractivity contribution in [1.82, 2.24) is 4.72 Å². The van der Waals surface area contributed by atoms with Crippen LogP contribution in [0.5, 0.6) is 5.75 Å². The van der Waals surface area contributed by atoms with Gasteiger partial charge in [0.15, 0.2) is 5.75 Å². The lowest BCUT2D eigenvalue weighted by Gasteiger charge is -2.30. The topological polar surface area (TPSA) is 81.4 Å². The molecule has 0 aliphatic carbocycles. The van der Waals surface area contributed by atoms with Crippen LogP contribution in [0.3, 0.4) is 0 Å². The number of halogens is 2. The van der Waals surface area contributed by atoms with E-state index in [1.54, 1.807) is 6.07 Å². The highest BCUT2D eigenvalue weighted by atomic mass is 79.9. The van der Waals surface area contributed by atoms with Crippen molar-refractivity contribution in [3.63, 3.8) is 0 Å². The Kier molecular flexibility index (Phi) is 6.08. The smallest absolute Gasteiger partial charge is 0.244 e. The van der Waals surface area contributed by atoms with Gasteiger partial charge in [0.1, 0.15) is 4.90 Å². The fourth-order valence-electron chi connectivity index (χ4n) is 1.76. The summed E-state index contributed by atoms with van der Waals surface area (Å²) in [5.74, 6) is 0.205. The third kappa shape index (κ3) is 4.56. The van der Waals surface area contributed by atoms with Crippen LogP contribution in [-0.4, -0.2) is 28.1 Å². The minimum absolute atomic E-state index is 0.0212. The molecule has 1 rings (SSSR count). The number of hydrogen-bond donors (Lipinski definition) is 2. The van der Waals surface area contributed by atoms with Gasteiger partial charge in [0, 0.05) is 17.6 Å². The zero-order valence-corrected chi connectivity index (χ0v) is 15.6. The average Bonchev–Trinajstić information content (AvgIpc) is 2.33. The van der Waals surface area contributed by atoms with Gasteiger partial charge >= 0.3 is 0 Å². The predicted molar refractivity (Wildman–Crippen MR) is 88.3 cm³/mol. The Morgan fingerprint density at radius 3 is 2.43 bits per heavy atom. The first-order chi connectivity index (χ1) is 9.52. The number of rotatable bonds is 5. The van der Waals surface area contributed by atoms with Gasteiger partial charge in [-0.3, -0.25) is 0 Å². The van der Waals surface area contributed by atoms with Crippen molar-refractivity contribution < 1.29 is 13.2 Å². The summed E-state index contributed by atoms with van der Waals surface area (Å²) >= 11 is 9.19. The molecule has 8 heteroatoms. The van der Waals surface area contributed by atoms with E-state index in [0.29, 0.717) is 9.50 Å². The zero-order valence-electron chi connectivity index (χ0n) is 12.4. The molecule has 0 amide bonds. The molecule has 0 aromatic heterocycles. The van der Waals surface area contributed by atoms with Crippen molar-refractivity contribution in [3.8, 4) is 5.75 Å². The number of nitrogens with two attached hydrogens (primary N) is 1. The third-order valence-corrected chi connectivity index (χ3v) is 5.33. The molecule has 0 fully saturated rings. The molecule has 0 saturated heterocycles. The van der Waals surface area contributed by atoms with Crippen molar-refractivity contribution in [2.24, 2.45) is 11.1 Å². The number of nitrogens with one attached hydrogen (secondary N) is 1. The molecule has 0 aliphatic rings. The summed E-state index contributed by atoms with van der Waals surface area (Å²) in [5, 5.41) is 0.295. The van der Waals surface area contributed by atoms with Crippen molar-refractivity contribution >= 4 is 37.6 Å². The molecule has 3 N–H and O–H groups in total. The van der Waals surface area contributed by atoms with Crippen molar-refractivity contribution in [2.75, 3.05) is 13.7 Å². The molecule has 0 heterocycles. The first-order valence-electron chi connectivity index (χ1n) is 6.28. The number of methoxy groups -OCH3 is 1. The quantitative estimate of drug-likeness (QED) is 0.797. The molecule has 0 saturated carbocycles. The molecule has 0 radical (unpaired) electrons. The first-order valence-corrected chi connectivity index (χ1v) is 8.93. The van der Waals surface area contributed by atoms with Gasteiger partial charge in [-0.15, -0.1) is 0 Å². The van der Waals surface area contributed by atoms with Gasteiger partial charge < -0.3 is 10.5 Å². The van der Waals surface area contributed by atoms with E-state index in [1.807, 2.05) is 20.8 Å². The average molecular weight is 400 g/mol. The SMILES string of the molecule is COc1c(Br)cc(Cl)cc1S(=O)(=O)NC(CN)C(C)(C)C. The summed E-state index contributed by atoms with van der Waals surface area (Å²) in [5.41, 5.74) is 5.37. The summed E-state index contributed by atoms with van der Waals surface area (Å²) in [6, 6.07) is 2.51. The van der Waals surface area contributed by atoms with Crippen LogP contribution >= 0.6 is 27.5 Å². The van der Waals surface area contributed by atoms with E-state index in [0.717, 1.165) is 0 Å². The normalized spacial score (nSPS) is 14.0. The summed E-state index contributed by atoms with van der Waals surface area (Å²) in [4.78, 5) is -0.0212. The minimum Gasteiger partial charge on any atom is -0.494 e. The Bertz CT molecular complexity index is 615. The number of sulfonamides is 1. The molecule has 0 spiro atoms. The van der Waals surface area contributed by atoms with E-state index in [4.69, 9.17) is 22.1 Å². The second-order valence-corrected chi connectivity index (χ2v) is 8.67. The van der Waals surface area contributed by atoms with Crippen LogP contribution in [0.1, 0.15) is 20.8 Å². The van der Waals surface area contributed by atoms with E-state index in [1.165, 1.54) is 13.2 Å². The zero-order chi connectivity index (χ0) is 16.4. The van der Waals surface area contributed by atoms with Crippen LogP contribution in [0.4, 0.5) is 0 Å². The Morgan fingerprint density at radius 1 is 1.43 bits per heavy atom. The van der Waals surface area contributed by atoms with E-state index in [-0.39, 0.29) is 22.6 Å². The number of ether oxygens (including phenoxy) is 1. The summed E-state index contributed by atoms with van der Waals surface area (Å²) in [6.45, 7) is 5.93. The van der Waals surface area contributed by atoms with Gasteiger partial charge in [-0.05, 0) is 33.5 Å². The molecular formula is C13H20BrClN2O3S. The monoisotopic (exact) mass is 398 g/mol. The standard InChI is InChI=1S/C13H20BrClN2O3S/c1-13(2,3)11(7-16)17-21(18,19)10-6-8(15)5-9(14)12(10)20-4/h5-6,11,17H,7,16H2,1-4H3. The Labute approximate surface area is 139 Å². The van der Waals surface area contributed by atoms with Crippen molar-refractivity contribution in [1.29, 1.82) is 0 Å². The van der Waals surface area contributed by atoms with Gasteiger partial charge in [0.05, 0.1) is 11.6 Å². The van der Waals surface area contributed by atoms with Crippen LogP contribution in [-0.2, 0) is 10.0 Å². The largest absolute Gasteiger partial charge is 0.494 e. The Balaban J connectivity index is 3.32. The van der Waals surface area contributed by atoms with Crippen LogP contribution in [0.25, 0.3) is 0 Å². The molecular weight excluding hydrogens is 380 g/mol. The Hall–Kier alpha value is -0.340. The molecule has 0 aliphatic heterocycles. The molecule has 1 atom stereocenters. The van der Waals surface area contributed by atoms with Gasteiger partial charge in [-0.1, -0.05) is 32.4 Å². The second kappa shape index (κ2) is 6.83. The van der Waals surface area contributed by atoms with Gasteiger partial charge in [0.2, 0.25) is 10.0 Å². The van der Waals surface area contributed by atoms with Gasteiger partial charge in [0.25, 0.3) is 0 Å². The van der Waals surface area contributed by atoms with Crippen LogP contribution in [0, 0.1) is 5.41 Å². The van der Waals surface area contributed by atoms with E-state index in [9.17, 15) is 8.42 Å². The molecule has 0 bridgehead atoms. The highest BCUT2D eigenvalue weighted by Crippen LogP contribution is 2.35. The lowest BCUT2D eigenvalue weighted by molar-refractivity contribution is 0.304. The lowest BCUT2D eigenvalue weighted by Crippen LogP contribution is -2.48. The molecule has 1 unspecified atom stereocenters. The first kappa shape index (κ1) is 18.7. The van der Waals surface area contributed by atoms with Gasteiger partial charge in [-0.25, -0.2) is 13.1 Å². The second-order valence-electron chi connectivity index (χ2n) is 5.69. The maximum atomic E-state index is 12.6. The van der Waals surface area contributed by atoms with E-state index >= 15 is 0 Å². The molecule has 1 aromatic carbocycles. The number of benzene rings is 1. The van der Waals surface area contributed by atoms with Crippen LogP contribution in [0.2, 0.25) is 5.02 Å². The van der Waals surface area contributed by atoms with E-state index < -0.39 is 16.1 Å². The van der Waals surface area contributed by atoms with Crippen molar-refractivity contribution in [2.45, 2.75) is 31.7 Å². The highest BCUT2D eigenvalue weighted by molar-refractivity contribution is 9.10. The maximum Gasteiger partial charge on any atom is 0.244 e. The molecule has 1 aromatic rings. The van der Waals surface area contributed by atoms with Gasteiger partial charge in [-0.2, -0.15) is 0 Å². The summed E-state index contributed by atoms with van der Waals surface area (Å²) < 4.78 is 33.5. The van der Waals surface area contributed by atoms with Crippen molar-refractivity contribution in [3.05, 3.63) is 21.6 Å². The summed E-state index contributed by atoms with van der Waals surface area (Å²) in [7, 11) is -2.41. The van der Waals surface area contributed by atoms with E-state index in [2.05, 4.69) is 20.7 Å². The fourth-order valence-corrected chi connectivity index (χ4v) is 4.60. The molecule has 5 nitrogen and oxygen atoms in total. The molecule has 120 valence electrons. The minimum atomic E-state index is -3.81. The maximum absolute atomic E-state index is 12.6. The molecule has 21 heavy (non-hydrogen) atoms. The van der Waals surface area contributed by atoms with Crippen LogP contribution in [0.15, 0.2) is 21.5 Å². The highest BCUT2D eigenvalue weighted by Gasteiger charge is 2.31. The lowest BCUT2D eigenvalue weighted by atomic mass is 9.88. The number of hydrogen-bond acceptors (Lipinski definition) is 4. The predicted octanol–water partition coefficient (Wildman–Crippen LogP) is 2.76. The third-order valence-electron chi connectivity index (χ3n) is 3.05. The fraction of sp³-hybridized carbons (Fsp3) is 0.538. The Morgan fingerprint density at radius 2 is 2.00 bits per heavy atom. The van der Waals surface area contributed by atoms with Crippen LogP contribution < -0.4 is 15.2 Å². The summed E-state index contributed by atoms with van der Waals surface area (Å²) in [6.07, 6.45) is 0.